The minimum atomic E-state index is -0.325. The van der Waals surface area contributed by atoms with Gasteiger partial charge >= 0.3 is 5.69 Å². The van der Waals surface area contributed by atoms with Gasteiger partial charge in [-0.25, -0.2) is 9.78 Å². The molecule has 7 nitrogen and oxygen atoms in total. The third kappa shape index (κ3) is 3.04. The van der Waals surface area contributed by atoms with Crippen molar-refractivity contribution in [3.8, 4) is 22.9 Å². The first-order valence-corrected chi connectivity index (χ1v) is 9.34. The molecule has 0 N–H and O–H groups in total. The van der Waals surface area contributed by atoms with Crippen LogP contribution in [0, 0.1) is 13.8 Å². The minimum absolute atomic E-state index is 0.263. The molecular weight excluding hydrogens is 370 g/mol. The van der Waals surface area contributed by atoms with Crippen molar-refractivity contribution in [2.24, 2.45) is 7.05 Å². The first-order chi connectivity index (χ1) is 13.9. The molecule has 0 saturated carbocycles. The molecule has 0 aliphatic heterocycles. The zero-order chi connectivity index (χ0) is 20.7. The molecular formula is C22H21N3O4. The van der Waals surface area contributed by atoms with E-state index in [1.54, 1.807) is 51.6 Å². The summed E-state index contributed by atoms with van der Waals surface area (Å²) in [5, 5.41) is 0.788. The summed E-state index contributed by atoms with van der Waals surface area (Å²) in [4.78, 5) is 29.4. The summed E-state index contributed by atoms with van der Waals surface area (Å²) in [5.74, 6) is 1.06. The summed E-state index contributed by atoms with van der Waals surface area (Å²) in [5.41, 5.74) is 2.96. The van der Waals surface area contributed by atoms with Gasteiger partial charge in [-0.05, 0) is 56.7 Å². The molecule has 1 aromatic carbocycles. The Bertz CT molecular complexity index is 1310. The van der Waals surface area contributed by atoms with Crippen LogP contribution in [0.25, 0.3) is 22.2 Å². The van der Waals surface area contributed by atoms with Gasteiger partial charge in [0, 0.05) is 30.9 Å². The Morgan fingerprint density at radius 2 is 1.93 bits per heavy atom. The molecule has 0 aliphatic carbocycles. The Balaban J connectivity index is 1.78. The number of hydrogen-bond acceptors (Lipinski definition) is 5. The fourth-order valence-corrected chi connectivity index (χ4v) is 3.61. The predicted octanol–water partition coefficient (Wildman–Crippen LogP) is 3.78. The quantitative estimate of drug-likeness (QED) is 0.529. The third-order valence-corrected chi connectivity index (χ3v) is 5.10. The van der Waals surface area contributed by atoms with E-state index in [0.29, 0.717) is 35.0 Å². The van der Waals surface area contributed by atoms with E-state index in [9.17, 15) is 9.59 Å². The first kappa shape index (κ1) is 18.7. The highest BCUT2D eigenvalue weighted by atomic mass is 16.5. The average Bonchev–Trinajstić information content (AvgIpc) is 3.19. The molecule has 0 unspecified atom stereocenters. The summed E-state index contributed by atoms with van der Waals surface area (Å²) in [6.45, 7) is 5.79. The van der Waals surface area contributed by atoms with Crippen molar-refractivity contribution in [1.29, 1.82) is 0 Å². The highest BCUT2D eigenvalue weighted by Crippen LogP contribution is 2.32. The van der Waals surface area contributed by atoms with Gasteiger partial charge in [0.15, 0.2) is 0 Å². The zero-order valence-corrected chi connectivity index (χ0v) is 16.7. The van der Waals surface area contributed by atoms with E-state index < -0.39 is 0 Å². The van der Waals surface area contributed by atoms with E-state index in [2.05, 4.69) is 4.98 Å². The van der Waals surface area contributed by atoms with Crippen LogP contribution in [0.1, 0.15) is 18.1 Å². The van der Waals surface area contributed by atoms with Crippen molar-refractivity contribution < 1.29 is 9.15 Å². The Kier molecular flexibility index (Phi) is 4.58. The van der Waals surface area contributed by atoms with Crippen LogP contribution >= 0.6 is 0 Å². The molecule has 0 bridgehead atoms. The number of rotatable bonds is 4. The molecule has 4 rings (SSSR count). The first-order valence-electron chi connectivity index (χ1n) is 9.34. The van der Waals surface area contributed by atoms with Crippen LogP contribution < -0.4 is 16.0 Å². The van der Waals surface area contributed by atoms with Crippen molar-refractivity contribution in [2.75, 3.05) is 0 Å². The second-order valence-electron chi connectivity index (χ2n) is 6.89. The summed E-state index contributed by atoms with van der Waals surface area (Å²) >= 11 is 0. The van der Waals surface area contributed by atoms with Crippen molar-refractivity contribution in [3.05, 3.63) is 74.8 Å². The van der Waals surface area contributed by atoms with Gasteiger partial charge in [-0.1, -0.05) is 0 Å². The van der Waals surface area contributed by atoms with Gasteiger partial charge in [-0.15, -0.1) is 0 Å². The maximum absolute atomic E-state index is 12.6. The standard InChI is InChI=1S/C22H21N3O4/c1-5-25-21(26)14(3)19(24(4)22(25)27)16-7-6-15(12-13(16)2)29-20-17-9-11-28-18(17)8-10-23-20/h6-12H,5H2,1-4H3. The highest BCUT2D eigenvalue weighted by molar-refractivity contribution is 5.82. The fourth-order valence-electron chi connectivity index (χ4n) is 3.61. The molecule has 3 aromatic heterocycles. The largest absolute Gasteiger partial charge is 0.464 e. The molecule has 29 heavy (non-hydrogen) atoms. The maximum atomic E-state index is 12.6. The monoisotopic (exact) mass is 391 g/mol. The third-order valence-electron chi connectivity index (χ3n) is 5.10. The SMILES string of the molecule is CCn1c(=O)c(C)c(-c2ccc(Oc3nccc4occc34)cc2C)n(C)c1=O. The van der Waals surface area contributed by atoms with Crippen molar-refractivity contribution in [2.45, 2.75) is 27.3 Å². The molecule has 3 heterocycles. The molecule has 148 valence electrons. The Morgan fingerprint density at radius 3 is 2.66 bits per heavy atom. The summed E-state index contributed by atoms with van der Waals surface area (Å²) < 4.78 is 14.1. The van der Waals surface area contributed by atoms with Crippen molar-refractivity contribution >= 4 is 11.0 Å². The lowest BCUT2D eigenvalue weighted by Gasteiger charge is -2.16. The Hall–Kier alpha value is -3.61. The van der Waals surface area contributed by atoms with Gasteiger partial charge in [0.2, 0.25) is 5.88 Å². The molecule has 0 radical (unpaired) electrons. The topological polar surface area (TPSA) is 79.3 Å². The number of aromatic nitrogens is 3. The van der Waals surface area contributed by atoms with Gasteiger partial charge in [0.05, 0.1) is 17.3 Å². The number of pyridine rings is 1. The number of furan rings is 1. The average molecular weight is 391 g/mol. The molecule has 0 atom stereocenters. The zero-order valence-electron chi connectivity index (χ0n) is 16.7. The Labute approximate surface area is 166 Å². The summed E-state index contributed by atoms with van der Waals surface area (Å²) in [6, 6.07) is 9.11. The van der Waals surface area contributed by atoms with Gasteiger partial charge < -0.3 is 9.15 Å². The number of nitrogens with zero attached hydrogens (tertiary/aromatic N) is 3. The fraction of sp³-hybridized carbons (Fsp3) is 0.227. The van der Waals surface area contributed by atoms with E-state index >= 15 is 0 Å². The lowest BCUT2D eigenvalue weighted by molar-refractivity contribution is 0.468. The van der Waals surface area contributed by atoms with Crippen LogP contribution in [0.3, 0.4) is 0 Å². The van der Waals surface area contributed by atoms with E-state index in [0.717, 1.165) is 16.5 Å². The normalized spacial score (nSPS) is 11.2. The number of benzene rings is 1. The number of hydrogen-bond donors (Lipinski definition) is 0. The number of ether oxygens (including phenoxy) is 1. The molecule has 0 aliphatic rings. The van der Waals surface area contributed by atoms with Crippen LogP contribution in [-0.4, -0.2) is 14.1 Å². The van der Waals surface area contributed by atoms with Gasteiger partial charge in [0.1, 0.15) is 11.3 Å². The van der Waals surface area contributed by atoms with Gasteiger partial charge in [-0.2, -0.15) is 0 Å². The van der Waals surface area contributed by atoms with E-state index in [-0.39, 0.29) is 11.2 Å². The highest BCUT2D eigenvalue weighted by Gasteiger charge is 2.17. The number of fused-ring (bicyclic) bond motifs is 1. The van der Waals surface area contributed by atoms with Crippen LogP contribution in [0.15, 0.2) is 56.8 Å². The second kappa shape index (κ2) is 7.09. The summed E-state index contributed by atoms with van der Waals surface area (Å²) in [7, 11) is 1.68. The summed E-state index contributed by atoms with van der Waals surface area (Å²) in [6.07, 6.45) is 3.22. The van der Waals surface area contributed by atoms with E-state index in [1.807, 2.05) is 19.1 Å². The van der Waals surface area contributed by atoms with E-state index in [4.69, 9.17) is 9.15 Å². The van der Waals surface area contributed by atoms with Gasteiger partial charge in [0.25, 0.3) is 5.56 Å². The Morgan fingerprint density at radius 1 is 1.14 bits per heavy atom. The molecule has 7 heteroatoms. The molecule has 0 saturated heterocycles. The lowest BCUT2D eigenvalue weighted by Crippen LogP contribution is -2.40. The van der Waals surface area contributed by atoms with Crippen LogP contribution in [-0.2, 0) is 13.6 Å². The molecule has 0 fully saturated rings. The second-order valence-corrected chi connectivity index (χ2v) is 6.89. The smallest absolute Gasteiger partial charge is 0.331 e. The van der Waals surface area contributed by atoms with Crippen molar-refractivity contribution in [3.63, 3.8) is 0 Å². The molecule has 0 amide bonds. The minimum Gasteiger partial charge on any atom is -0.464 e. The maximum Gasteiger partial charge on any atom is 0.331 e. The predicted molar refractivity (Wildman–Crippen MR) is 111 cm³/mol. The van der Waals surface area contributed by atoms with Crippen molar-refractivity contribution in [1.82, 2.24) is 14.1 Å². The van der Waals surface area contributed by atoms with Crippen LogP contribution in [0.5, 0.6) is 11.6 Å². The van der Waals surface area contributed by atoms with Crippen LogP contribution in [0.4, 0.5) is 0 Å². The lowest BCUT2D eigenvalue weighted by atomic mass is 10.0. The van der Waals surface area contributed by atoms with Gasteiger partial charge in [-0.3, -0.25) is 13.9 Å². The van der Waals surface area contributed by atoms with E-state index in [1.165, 1.54) is 9.13 Å². The molecule has 4 aromatic rings. The van der Waals surface area contributed by atoms with Crippen LogP contribution in [0.2, 0.25) is 0 Å². The molecule has 0 spiro atoms. The number of aryl methyl sites for hydroxylation is 1.